The van der Waals surface area contributed by atoms with E-state index in [0.29, 0.717) is 6.42 Å². The molecule has 0 heterocycles. The number of esters is 1. The van der Waals surface area contributed by atoms with E-state index in [4.69, 9.17) is 0 Å². The minimum Gasteiger partial charge on any atom is -0.469 e. The summed E-state index contributed by atoms with van der Waals surface area (Å²) in [6.07, 6.45) is 1.48. The molecule has 3 heteroatoms. The van der Waals surface area contributed by atoms with Gasteiger partial charge in [-0.15, -0.1) is 0 Å². The standard InChI is InChI=1S/C6H8O3/c1-9-6(8)5-2-4(5)3-7/h3-5H,2H2,1H3/t4-,5-/m1/s1. The number of carbonyl (C=O) groups is 2. The molecule has 0 radical (unpaired) electrons. The van der Waals surface area contributed by atoms with Crippen LogP contribution < -0.4 is 0 Å². The van der Waals surface area contributed by atoms with E-state index in [0.717, 1.165) is 6.29 Å². The number of carbonyl (C=O) groups excluding carboxylic acids is 2. The summed E-state index contributed by atoms with van der Waals surface area (Å²) in [6, 6.07) is 0. The van der Waals surface area contributed by atoms with Crippen molar-refractivity contribution in [2.75, 3.05) is 7.11 Å². The lowest BCUT2D eigenvalue weighted by Crippen LogP contribution is -2.04. The largest absolute Gasteiger partial charge is 0.469 e. The lowest BCUT2D eigenvalue weighted by atomic mass is 10.3. The lowest BCUT2D eigenvalue weighted by molar-refractivity contribution is -0.142. The molecule has 0 N–H and O–H groups in total. The number of aldehydes is 1. The summed E-state index contributed by atoms with van der Waals surface area (Å²) >= 11 is 0. The van der Waals surface area contributed by atoms with E-state index in [-0.39, 0.29) is 17.8 Å². The van der Waals surface area contributed by atoms with E-state index < -0.39 is 0 Å². The number of methoxy groups -OCH3 is 1. The molecule has 1 aliphatic carbocycles. The second kappa shape index (κ2) is 2.17. The third kappa shape index (κ3) is 1.09. The van der Waals surface area contributed by atoms with Crippen molar-refractivity contribution in [3.63, 3.8) is 0 Å². The zero-order valence-corrected chi connectivity index (χ0v) is 5.16. The molecule has 3 nitrogen and oxygen atoms in total. The lowest BCUT2D eigenvalue weighted by Gasteiger charge is -1.91. The SMILES string of the molecule is COC(=O)[C@@H]1C[C@@H]1C=O. The quantitative estimate of drug-likeness (QED) is 0.388. The van der Waals surface area contributed by atoms with Crippen LogP contribution in [-0.2, 0) is 14.3 Å². The fourth-order valence-electron chi connectivity index (χ4n) is 0.787. The molecule has 0 spiro atoms. The molecule has 0 bridgehead atoms. The van der Waals surface area contributed by atoms with Crippen LogP contribution in [-0.4, -0.2) is 19.4 Å². The third-order valence-electron chi connectivity index (χ3n) is 1.52. The molecule has 1 saturated carbocycles. The highest BCUT2D eigenvalue weighted by Gasteiger charge is 2.43. The van der Waals surface area contributed by atoms with E-state index in [1.165, 1.54) is 7.11 Å². The fourth-order valence-corrected chi connectivity index (χ4v) is 0.787. The Bertz CT molecular complexity index is 141. The Balaban J connectivity index is 2.33. The average Bonchev–Trinajstić information content (AvgIpc) is 2.64. The molecule has 0 aromatic heterocycles. The van der Waals surface area contributed by atoms with E-state index in [2.05, 4.69) is 4.74 Å². The van der Waals surface area contributed by atoms with Gasteiger partial charge in [0.1, 0.15) is 6.29 Å². The first-order valence-electron chi connectivity index (χ1n) is 2.82. The molecule has 0 aliphatic heterocycles. The zero-order valence-electron chi connectivity index (χ0n) is 5.16. The molecule has 1 rings (SSSR count). The van der Waals surface area contributed by atoms with Crippen LogP contribution in [0, 0.1) is 11.8 Å². The van der Waals surface area contributed by atoms with Gasteiger partial charge in [-0.05, 0) is 6.42 Å². The first-order valence-corrected chi connectivity index (χ1v) is 2.82. The Morgan fingerprint density at radius 1 is 1.78 bits per heavy atom. The van der Waals surface area contributed by atoms with Gasteiger partial charge in [0.15, 0.2) is 0 Å². The van der Waals surface area contributed by atoms with Gasteiger partial charge >= 0.3 is 5.97 Å². The Hall–Kier alpha value is -0.860. The van der Waals surface area contributed by atoms with Crippen LogP contribution in [0.25, 0.3) is 0 Å². The molecule has 1 aliphatic rings. The summed E-state index contributed by atoms with van der Waals surface area (Å²) in [5.41, 5.74) is 0. The molecule has 0 saturated heterocycles. The van der Waals surface area contributed by atoms with Crippen LogP contribution in [0.5, 0.6) is 0 Å². The average molecular weight is 128 g/mol. The van der Waals surface area contributed by atoms with Crippen molar-refractivity contribution in [2.45, 2.75) is 6.42 Å². The minimum absolute atomic E-state index is 0.0579. The molecular formula is C6H8O3. The van der Waals surface area contributed by atoms with Gasteiger partial charge in [0.25, 0.3) is 0 Å². The van der Waals surface area contributed by atoms with Gasteiger partial charge in [-0.2, -0.15) is 0 Å². The van der Waals surface area contributed by atoms with Crippen molar-refractivity contribution in [3.05, 3.63) is 0 Å². The number of rotatable bonds is 2. The Labute approximate surface area is 53.0 Å². The summed E-state index contributed by atoms with van der Waals surface area (Å²) in [6.45, 7) is 0. The van der Waals surface area contributed by atoms with E-state index >= 15 is 0 Å². The van der Waals surface area contributed by atoms with Crippen molar-refractivity contribution in [1.82, 2.24) is 0 Å². The molecule has 0 amide bonds. The zero-order chi connectivity index (χ0) is 6.85. The van der Waals surface area contributed by atoms with Crippen molar-refractivity contribution in [1.29, 1.82) is 0 Å². The van der Waals surface area contributed by atoms with Crippen LogP contribution in [0.4, 0.5) is 0 Å². The number of ether oxygens (including phenoxy) is 1. The van der Waals surface area contributed by atoms with Crippen LogP contribution in [0.3, 0.4) is 0 Å². The van der Waals surface area contributed by atoms with E-state index in [1.807, 2.05) is 0 Å². The molecule has 0 aromatic carbocycles. The Morgan fingerprint density at radius 3 is 2.78 bits per heavy atom. The van der Waals surface area contributed by atoms with E-state index in [9.17, 15) is 9.59 Å². The van der Waals surface area contributed by atoms with Crippen LogP contribution >= 0.6 is 0 Å². The second-order valence-electron chi connectivity index (χ2n) is 2.17. The minimum atomic E-state index is -0.257. The predicted molar refractivity (Wildman–Crippen MR) is 29.7 cm³/mol. The van der Waals surface area contributed by atoms with Crippen molar-refractivity contribution in [2.24, 2.45) is 11.8 Å². The topological polar surface area (TPSA) is 43.4 Å². The highest BCUT2D eigenvalue weighted by Crippen LogP contribution is 2.37. The van der Waals surface area contributed by atoms with E-state index in [1.54, 1.807) is 0 Å². The maximum atomic E-state index is 10.6. The second-order valence-corrected chi connectivity index (χ2v) is 2.17. The monoisotopic (exact) mass is 128 g/mol. The fraction of sp³-hybridized carbons (Fsp3) is 0.667. The summed E-state index contributed by atoms with van der Waals surface area (Å²) in [5, 5.41) is 0. The number of hydrogen-bond donors (Lipinski definition) is 0. The number of hydrogen-bond acceptors (Lipinski definition) is 3. The molecule has 50 valence electrons. The normalized spacial score (nSPS) is 31.2. The van der Waals surface area contributed by atoms with Crippen molar-refractivity contribution < 1.29 is 14.3 Å². The molecular weight excluding hydrogens is 120 g/mol. The highest BCUT2D eigenvalue weighted by atomic mass is 16.5. The first-order chi connectivity index (χ1) is 4.29. The Morgan fingerprint density at radius 2 is 2.44 bits per heavy atom. The van der Waals surface area contributed by atoms with Gasteiger partial charge in [0.05, 0.1) is 13.0 Å². The molecule has 1 fully saturated rings. The molecule has 0 aromatic rings. The van der Waals surface area contributed by atoms with Crippen molar-refractivity contribution >= 4 is 12.3 Å². The van der Waals surface area contributed by atoms with Gasteiger partial charge in [0.2, 0.25) is 0 Å². The van der Waals surface area contributed by atoms with Gasteiger partial charge in [-0.25, -0.2) is 0 Å². The summed E-state index contributed by atoms with van der Waals surface area (Å²) in [7, 11) is 1.34. The summed E-state index contributed by atoms with van der Waals surface area (Å²) < 4.78 is 4.41. The molecule has 9 heavy (non-hydrogen) atoms. The summed E-state index contributed by atoms with van der Waals surface area (Å²) in [4.78, 5) is 20.6. The highest BCUT2D eigenvalue weighted by molar-refractivity contribution is 5.81. The summed E-state index contributed by atoms with van der Waals surface area (Å²) in [5.74, 6) is -0.447. The predicted octanol–water partition coefficient (Wildman–Crippen LogP) is -0.00560. The van der Waals surface area contributed by atoms with Gasteiger partial charge in [0, 0.05) is 5.92 Å². The third-order valence-corrected chi connectivity index (χ3v) is 1.52. The molecule has 0 unspecified atom stereocenters. The van der Waals surface area contributed by atoms with Crippen LogP contribution in [0.2, 0.25) is 0 Å². The first kappa shape index (κ1) is 6.26. The Kier molecular flexibility index (Phi) is 1.51. The van der Waals surface area contributed by atoms with Gasteiger partial charge < -0.3 is 9.53 Å². The van der Waals surface area contributed by atoms with Crippen LogP contribution in [0.1, 0.15) is 6.42 Å². The van der Waals surface area contributed by atoms with Crippen LogP contribution in [0.15, 0.2) is 0 Å². The maximum Gasteiger partial charge on any atom is 0.309 e. The van der Waals surface area contributed by atoms with Gasteiger partial charge in [-0.1, -0.05) is 0 Å². The maximum absolute atomic E-state index is 10.6. The van der Waals surface area contributed by atoms with Gasteiger partial charge in [-0.3, -0.25) is 4.79 Å². The smallest absolute Gasteiger partial charge is 0.309 e. The van der Waals surface area contributed by atoms with Crippen molar-refractivity contribution in [3.8, 4) is 0 Å². The molecule has 2 atom stereocenters.